The molecule has 0 aliphatic carbocycles. The molecule has 1 aromatic heterocycles. The van der Waals surface area contributed by atoms with E-state index < -0.39 is 0 Å². The van der Waals surface area contributed by atoms with Crippen LogP contribution in [0.3, 0.4) is 0 Å². The smallest absolute Gasteiger partial charge is 0.260 e. The molecule has 6 nitrogen and oxygen atoms in total. The molecule has 3 aromatic rings. The number of carbonyl (C=O) groups is 1. The number of carbonyl (C=O) groups excluding carboxylic acids is 1. The van der Waals surface area contributed by atoms with Gasteiger partial charge >= 0.3 is 0 Å². The van der Waals surface area contributed by atoms with Crippen molar-refractivity contribution in [2.75, 3.05) is 37.7 Å². The molecule has 0 N–H and O–H groups in total. The van der Waals surface area contributed by atoms with E-state index in [1.54, 1.807) is 0 Å². The maximum atomic E-state index is 12.6. The van der Waals surface area contributed by atoms with Crippen LogP contribution in [0, 0.1) is 6.92 Å². The fraction of sp³-hybridized carbons (Fsp3) is 0.320. The zero-order valence-electron chi connectivity index (χ0n) is 18.1. The summed E-state index contributed by atoms with van der Waals surface area (Å²) in [6.45, 7) is 7.00. The Morgan fingerprint density at radius 3 is 2.39 bits per heavy atom. The van der Waals surface area contributed by atoms with Crippen LogP contribution in [0.15, 0.2) is 60.7 Å². The van der Waals surface area contributed by atoms with Gasteiger partial charge in [-0.05, 0) is 42.7 Å². The second-order valence-corrected chi connectivity index (χ2v) is 7.71. The molecule has 160 valence electrons. The van der Waals surface area contributed by atoms with Gasteiger partial charge in [-0.2, -0.15) is 0 Å². The first-order chi connectivity index (χ1) is 15.2. The summed E-state index contributed by atoms with van der Waals surface area (Å²) >= 11 is 0. The molecule has 2 heterocycles. The van der Waals surface area contributed by atoms with E-state index in [0.717, 1.165) is 47.9 Å². The zero-order chi connectivity index (χ0) is 21.6. The Balaban J connectivity index is 1.31. The third-order valence-electron chi connectivity index (χ3n) is 5.73. The molecule has 0 radical (unpaired) electrons. The molecule has 0 atom stereocenters. The molecule has 1 aliphatic heterocycles. The van der Waals surface area contributed by atoms with E-state index >= 15 is 0 Å². The van der Waals surface area contributed by atoms with E-state index in [2.05, 4.69) is 41.1 Å². The van der Waals surface area contributed by atoms with Crippen LogP contribution in [0.25, 0.3) is 11.3 Å². The van der Waals surface area contributed by atoms with Crippen molar-refractivity contribution in [1.29, 1.82) is 0 Å². The van der Waals surface area contributed by atoms with Crippen molar-refractivity contribution in [2.45, 2.75) is 20.3 Å². The Hall–Kier alpha value is -3.41. The number of hydrogen-bond acceptors (Lipinski definition) is 5. The van der Waals surface area contributed by atoms with Gasteiger partial charge < -0.3 is 14.5 Å². The highest BCUT2D eigenvalue weighted by Gasteiger charge is 2.22. The highest BCUT2D eigenvalue weighted by Crippen LogP contribution is 2.22. The molecule has 1 aliphatic rings. The SMILES string of the molecule is CCc1ccccc1OCC(=O)N1CCN(c2ccc(-c3ccccc3C)nn2)CC1. The zero-order valence-corrected chi connectivity index (χ0v) is 18.1. The van der Waals surface area contributed by atoms with Crippen LogP contribution in [0.2, 0.25) is 0 Å². The quantitative estimate of drug-likeness (QED) is 0.613. The van der Waals surface area contributed by atoms with Gasteiger partial charge in [0.15, 0.2) is 12.4 Å². The minimum absolute atomic E-state index is 0.0199. The first kappa shape index (κ1) is 20.8. The topological polar surface area (TPSA) is 58.6 Å². The molecule has 1 saturated heterocycles. The molecule has 0 bridgehead atoms. The van der Waals surface area contributed by atoms with E-state index in [9.17, 15) is 4.79 Å². The summed E-state index contributed by atoms with van der Waals surface area (Å²) in [5, 5.41) is 8.86. The summed E-state index contributed by atoms with van der Waals surface area (Å²) in [6, 6.07) is 20.1. The number of para-hydroxylation sites is 1. The summed E-state index contributed by atoms with van der Waals surface area (Å²) in [5.41, 5.74) is 4.27. The van der Waals surface area contributed by atoms with E-state index in [0.29, 0.717) is 13.1 Å². The lowest BCUT2D eigenvalue weighted by atomic mass is 10.1. The van der Waals surface area contributed by atoms with Crippen molar-refractivity contribution in [1.82, 2.24) is 15.1 Å². The summed E-state index contributed by atoms with van der Waals surface area (Å²) in [6.07, 6.45) is 0.882. The van der Waals surface area contributed by atoms with Gasteiger partial charge in [0, 0.05) is 31.7 Å². The van der Waals surface area contributed by atoms with Crippen molar-refractivity contribution >= 4 is 11.7 Å². The van der Waals surface area contributed by atoms with Gasteiger partial charge in [0.1, 0.15) is 5.75 Å². The molecule has 6 heteroatoms. The average molecular weight is 417 g/mol. The second kappa shape index (κ2) is 9.60. The number of piperazine rings is 1. The minimum Gasteiger partial charge on any atom is -0.483 e. The van der Waals surface area contributed by atoms with Crippen LogP contribution in [0.4, 0.5) is 5.82 Å². The van der Waals surface area contributed by atoms with Crippen LogP contribution in [-0.2, 0) is 11.2 Å². The van der Waals surface area contributed by atoms with Gasteiger partial charge in [0.05, 0.1) is 5.69 Å². The number of benzene rings is 2. The average Bonchev–Trinajstić information content (AvgIpc) is 2.83. The molecule has 1 amide bonds. The number of aryl methyl sites for hydroxylation is 2. The highest BCUT2D eigenvalue weighted by atomic mass is 16.5. The molecule has 1 fully saturated rings. The van der Waals surface area contributed by atoms with Crippen LogP contribution in [0.1, 0.15) is 18.1 Å². The van der Waals surface area contributed by atoms with Gasteiger partial charge in [-0.1, -0.05) is 49.4 Å². The predicted octanol–water partition coefficient (Wildman–Crippen LogP) is 3.74. The highest BCUT2D eigenvalue weighted by molar-refractivity contribution is 5.78. The van der Waals surface area contributed by atoms with Crippen molar-refractivity contribution in [3.8, 4) is 17.0 Å². The Morgan fingerprint density at radius 2 is 1.68 bits per heavy atom. The third-order valence-corrected chi connectivity index (χ3v) is 5.73. The van der Waals surface area contributed by atoms with Gasteiger partial charge in [-0.3, -0.25) is 4.79 Å². The summed E-state index contributed by atoms with van der Waals surface area (Å²) in [5.74, 6) is 1.66. The standard InChI is InChI=1S/C25H28N4O2/c1-3-20-9-5-7-11-23(20)31-18-25(30)29-16-14-28(15-17-29)24-13-12-22(26-27-24)21-10-6-4-8-19(21)2/h4-13H,3,14-18H2,1-2H3. The first-order valence-corrected chi connectivity index (χ1v) is 10.8. The van der Waals surface area contributed by atoms with Crippen molar-refractivity contribution < 1.29 is 9.53 Å². The Bertz CT molecular complexity index is 1030. The van der Waals surface area contributed by atoms with Crippen LogP contribution < -0.4 is 9.64 Å². The second-order valence-electron chi connectivity index (χ2n) is 7.71. The fourth-order valence-electron chi connectivity index (χ4n) is 3.85. The minimum atomic E-state index is 0.0199. The van der Waals surface area contributed by atoms with E-state index in [1.807, 2.05) is 53.4 Å². The summed E-state index contributed by atoms with van der Waals surface area (Å²) in [7, 11) is 0. The van der Waals surface area contributed by atoms with Crippen molar-refractivity contribution in [3.63, 3.8) is 0 Å². The van der Waals surface area contributed by atoms with Gasteiger partial charge in [-0.15, -0.1) is 10.2 Å². The fourth-order valence-corrected chi connectivity index (χ4v) is 3.85. The normalized spacial score (nSPS) is 13.9. The lowest BCUT2D eigenvalue weighted by Gasteiger charge is -2.35. The van der Waals surface area contributed by atoms with Crippen LogP contribution in [0.5, 0.6) is 5.75 Å². The number of hydrogen-bond donors (Lipinski definition) is 0. The maximum Gasteiger partial charge on any atom is 0.260 e. The van der Waals surface area contributed by atoms with Gasteiger partial charge in [0.2, 0.25) is 0 Å². The summed E-state index contributed by atoms with van der Waals surface area (Å²) < 4.78 is 5.79. The molecule has 4 rings (SSSR count). The molecule has 0 spiro atoms. The molecule has 31 heavy (non-hydrogen) atoms. The first-order valence-electron chi connectivity index (χ1n) is 10.8. The molecule has 0 saturated carbocycles. The Morgan fingerprint density at radius 1 is 0.935 bits per heavy atom. The van der Waals surface area contributed by atoms with Crippen LogP contribution in [-0.4, -0.2) is 53.8 Å². The Labute approximate surface area is 183 Å². The number of rotatable bonds is 6. The van der Waals surface area contributed by atoms with E-state index in [1.165, 1.54) is 5.56 Å². The lowest BCUT2D eigenvalue weighted by molar-refractivity contribution is -0.133. The number of amides is 1. The number of nitrogens with zero attached hydrogens (tertiary/aromatic N) is 4. The van der Waals surface area contributed by atoms with Gasteiger partial charge in [0.25, 0.3) is 5.91 Å². The van der Waals surface area contributed by atoms with Crippen molar-refractivity contribution in [3.05, 3.63) is 71.8 Å². The summed E-state index contributed by atoms with van der Waals surface area (Å²) in [4.78, 5) is 16.6. The lowest BCUT2D eigenvalue weighted by Crippen LogP contribution is -2.50. The third kappa shape index (κ3) is 4.85. The van der Waals surface area contributed by atoms with E-state index in [4.69, 9.17) is 4.74 Å². The molecular formula is C25H28N4O2. The molecular weight excluding hydrogens is 388 g/mol. The van der Waals surface area contributed by atoms with Crippen molar-refractivity contribution in [2.24, 2.45) is 0 Å². The Kier molecular flexibility index (Phi) is 6.46. The number of aromatic nitrogens is 2. The van der Waals surface area contributed by atoms with Gasteiger partial charge in [-0.25, -0.2) is 0 Å². The van der Waals surface area contributed by atoms with Crippen LogP contribution >= 0.6 is 0 Å². The predicted molar refractivity (Wildman–Crippen MR) is 122 cm³/mol. The number of ether oxygens (including phenoxy) is 1. The largest absolute Gasteiger partial charge is 0.483 e. The number of anilines is 1. The maximum absolute atomic E-state index is 12.6. The van der Waals surface area contributed by atoms with E-state index in [-0.39, 0.29) is 12.5 Å². The monoisotopic (exact) mass is 416 g/mol. The molecule has 2 aromatic carbocycles. The molecule has 0 unspecified atom stereocenters.